The van der Waals surface area contributed by atoms with E-state index in [2.05, 4.69) is 71.2 Å². The number of rotatable bonds is 7. The van der Waals surface area contributed by atoms with Crippen LogP contribution in [0.15, 0.2) is 28.7 Å². The second-order valence-corrected chi connectivity index (χ2v) is 5.73. The van der Waals surface area contributed by atoms with Gasteiger partial charge in [0.2, 0.25) is 0 Å². The number of nitrogens with one attached hydrogen (secondary N) is 1. The number of hydrogen-bond acceptors (Lipinski definition) is 2. The van der Waals surface area contributed by atoms with E-state index in [0.29, 0.717) is 12.1 Å². The Kier molecular flexibility index (Phi) is 6.90. The predicted octanol–water partition coefficient (Wildman–Crippen LogP) is 3.83. The quantitative estimate of drug-likeness (QED) is 0.823. The van der Waals surface area contributed by atoms with E-state index in [0.717, 1.165) is 19.5 Å². The van der Waals surface area contributed by atoms with E-state index in [-0.39, 0.29) is 0 Å². The monoisotopic (exact) mass is 312 g/mol. The average Bonchev–Trinajstić information content (AvgIpc) is 2.36. The number of hydrogen-bond donors (Lipinski definition) is 1. The van der Waals surface area contributed by atoms with Crippen molar-refractivity contribution in [1.82, 2.24) is 10.2 Å². The van der Waals surface area contributed by atoms with Crippen molar-refractivity contribution < 1.29 is 0 Å². The van der Waals surface area contributed by atoms with Gasteiger partial charge in [-0.25, -0.2) is 0 Å². The summed E-state index contributed by atoms with van der Waals surface area (Å²) >= 11 is 3.64. The third kappa shape index (κ3) is 4.38. The van der Waals surface area contributed by atoms with Crippen LogP contribution in [0.2, 0.25) is 0 Å². The first-order valence-electron chi connectivity index (χ1n) is 6.75. The van der Waals surface area contributed by atoms with E-state index < -0.39 is 0 Å². The molecule has 0 aliphatic rings. The minimum absolute atomic E-state index is 0.411. The van der Waals surface area contributed by atoms with Gasteiger partial charge in [-0.3, -0.25) is 0 Å². The molecular weight excluding hydrogens is 288 g/mol. The molecule has 1 N–H and O–H groups in total. The first-order chi connectivity index (χ1) is 8.60. The molecule has 1 rings (SSSR count). The van der Waals surface area contributed by atoms with E-state index in [1.807, 2.05) is 7.05 Å². The first kappa shape index (κ1) is 15.7. The summed E-state index contributed by atoms with van der Waals surface area (Å²) < 4.78 is 1.19. The molecule has 1 unspecified atom stereocenters. The molecule has 0 spiro atoms. The van der Waals surface area contributed by atoms with E-state index in [4.69, 9.17) is 0 Å². The highest BCUT2D eigenvalue weighted by Crippen LogP contribution is 2.25. The van der Waals surface area contributed by atoms with Gasteiger partial charge >= 0.3 is 0 Å². The van der Waals surface area contributed by atoms with Gasteiger partial charge < -0.3 is 10.2 Å². The fraction of sp³-hybridized carbons (Fsp3) is 0.600. The van der Waals surface area contributed by atoms with Crippen LogP contribution in [0.4, 0.5) is 0 Å². The van der Waals surface area contributed by atoms with Gasteiger partial charge in [0.1, 0.15) is 0 Å². The highest BCUT2D eigenvalue weighted by molar-refractivity contribution is 9.10. The molecule has 0 heterocycles. The fourth-order valence-corrected chi connectivity index (χ4v) is 2.85. The maximum atomic E-state index is 3.64. The average molecular weight is 313 g/mol. The van der Waals surface area contributed by atoms with Crippen LogP contribution in [0.25, 0.3) is 0 Å². The van der Waals surface area contributed by atoms with E-state index in [1.165, 1.54) is 10.0 Å². The molecule has 0 fully saturated rings. The van der Waals surface area contributed by atoms with Crippen LogP contribution >= 0.6 is 15.9 Å². The molecule has 0 aliphatic carbocycles. The zero-order valence-electron chi connectivity index (χ0n) is 11.9. The SMILES string of the molecule is CCN(CCC(NC)c1ccccc1Br)C(C)C. The van der Waals surface area contributed by atoms with Crippen molar-refractivity contribution in [3.63, 3.8) is 0 Å². The van der Waals surface area contributed by atoms with E-state index >= 15 is 0 Å². The molecule has 18 heavy (non-hydrogen) atoms. The third-order valence-corrected chi connectivity index (χ3v) is 4.19. The third-order valence-electron chi connectivity index (χ3n) is 3.47. The number of halogens is 1. The summed E-state index contributed by atoms with van der Waals surface area (Å²) in [5.41, 5.74) is 1.35. The van der Waals surface area contributed by atoms with Gasteiger partial charge in [0.15, 0.2) is 0 Å². The van der Waals surface area contributed by atoms with Gasteiger partial charge in [-0.1, -0.05) is 41.1 Å². The van der Waals surface area contributed by atoms with Crippen molar-refractivity contribution in [3.05, 3.63) is 34.3 Å². The van der Waals surface area contributed by atoms with Gasteiger partial charge in [0.25, 0.3) is 0 Å². The molecule has 1 atom stereocenters. The molecule has 0 amide bonds. The van der Waals surface area contributed by atoms with Crippen molar-refractivity contribution in [1.29, 1.82) is 0 Å². The summed E-state index contributed by atoms with van der Waals surface area (Å²) in [7, 11) is 2.04. The second kappa shape index (κ2) is 7.93. The Morgan fingerprint density at radius 2 is 1.94 bits per heavy atom. The predicted molar refractivity (Wildman–Crippen MR) is 82.9 cm³/mol. The van der Waals surface area contributed by atoms with Gasteiger partial charge in [-0.2, -0.15) is 0 Å². The van der Waals surface area contributed by atoms with Gasteiger partial charge in [0.05, 0.1) is 0 Å². The molecule has 0 radical (unpaired) electrons. The van der Waals surface area contributed by atoms with Crippen LogP contribution in [-0.4, -0.2) is 31.1 Å². The van der Waals surface area contributed by atoms with Crippen LogP contribution < -0.4 is 5.32 Å². The smallest absolute Gasteiger partial charge is 0.0340 e. The first-order valence-corrected chi connectivity index (χ1v) is 7.55. The number of nitrogens with zero attached hydrogens (tertiary/aromatic N) is 1. The summed E-state index contributed by atoms with van der Waals surface area (Å²) in [6, 6.07) is 9.49. The molecule has 1 aromatic carbocycles. The van der Waals surface area contributed by atoms with Crippen LogP contribution in [0.5, 0.6) is 0 Å². The van der Waals surface area contributed by atoms with Crippen molar-refractivity contribution in [2.45, 2.75) is 39.3 Å². The van der Waals surface area contributed by atoms with Crippen LogP contribution in [0, 0.1) is 0 Å². The summed E-state index contributed by atoms with van der Waals surface area (Å²) in [5.74, 6) is 0. The van der Waals surface area contributed by atoms with Crippen molar-refractivity contribution in [2.75, 3.05) is 20.1 Å². The van der Waals surface area contributed by atoms with Crippen molar-refractivity contribution >= 4 is 15.9 Å². The Balaban J connectivity index is 2.66. The molecule has 3 heteroatoms. The summed E-state index contributed by atoms with van der Waals surface area (Å²) in [4.78, 5) is 2.50. The molecule has 0 bridgehead atoms. The summed E-state index contributed by atoms with van der Waals surface area (Å²) in [5, 5.41) is 3.42. The maximum absolute atomic E-state index is 3.64. The fourth-order valence-electron chi connectivity index (χ4n) is 2.29. The zero-order chi connectivity index (χ0) is 13.5. The van der Waals surface area contributed by atoms with Crippen LogP contribution in [0.3, 0.4) is 0 Å². The Morgan fingerprint density at radius 3 is 2.44 bits per heavy atom. The maximum Gasteiger partial charge on any atom is 0.0340 e. The highest BCUT2D eigenvalue weighted by Gasteiger charge is 2.14. The largest absolute Gasteiger partial charge is 0.313 e. The number of benzene rings is 1. The Hall–Kier alpha value is -0.380. The molecule has 2 nitrogen and oxygen atoms in total. The Morgan fingerprint density at radius 1 is 1.28 bits per heavy atom. The molecule has 0 saturated carbocycles. The van der Waals surface area contributed by atoms with Crippen molar-refractivity contribution in [2.24, 2.45) is 0 Å². The van der Waals surface area contributed by atoms with Gasteiger partial charge in [0, 0.05) is 23.1 Å². The van der Waals surface area contributed by atoms with Gasteiger partial charge in [-0.15, -0.1) is 0 Å². The minimum Gasteiger partial charge on any atom is -0.313 e. The highest BCUT2D eigenvalue weighted by atomic mass is 79.9. The normalized spacial score (nSPS) is 13.3. The van der Waals surface area contributed by atoms with Crippen molar-refractivity contribution in [3.8, 4) is 0 Å². The lowest BCUT2D eigenvalue weighted by molar-refractivity contribution is 0.221. The molecule has 102 valence electrons. The van der Waals surface area contributed by atoms with Crippen LogP contribution in [-0.2, 0) is 0 Å². The lowest BCUT2D eigenvalue weighted by atomic mass is 10.0. The lowest BCUT2D eigenvalue weighted by Gasteiger charge is -2.27. The Labute approximate surface area is 120 Å². The molecule has 0 aromatic heterocycles. The van der Waals surface area contributed by atoms with Gasteiger partial charge in [-0.05, 0) is 45.5 Å². The van der Waals surface area contributed by atoms with E-state index in [9.17, 15) is 0 Å². The summed E-state index contributed by atoms with van der Waals surface area (Å²) in [6.07, 6.45) is 1.13. The standard InChI is InChI=1S/C15H25BrN2/c1-5-18(12(2)3)11-10-15(17-4)13-8-6-7-9-14(13)16/h6-9,12,15,17H,5,10-11H2,1-4H3. The topological polar surface area (TPSA) is 15.3 Å². The zero-order valence-corrected chi connectivity index (χ0v) is 13.5. The minimum atomic E-state index is 0.411. The lowest BCUT2D eigenvalue weighted by Crippen LogP contribution is -2.33. The molecule has 1 aromatic rings. The molecule has 0 aliphatic heterocycles. The molecular formula is C15H25BrN2. The molecule has 0 saturated heterocycles. The van der Waals surface area contributed by atoms with E-state index in [1.54, 1.807) is 0 Å². The summed E-state index contributed by atoms with van der Waals surface area (Å²) in [6.45, 7) is 8.99. The second-order valence-electron chi connectivity index (χ2n) is 4.87. The van der Waals surface area contributed by atoms with Crippen LogP contribution in [0.1, 0.15) is 38.8 Å². The Bertz CT molecular complexity index is 352.